The van der Waals surface area contributed by atoms with Gasteiger partial charge >= 0.3 is 0 Å². The summed E-state index contributed by atoms with van der Waals surface area (Å²) in [5, 5.41) is 2.87. The van der Waals surface area contributed by atoms with Gasteiger partial charge in [-0.1, -0.05) is 44.2 Å². The Morgan fingerprint density at radius 1 is 1.12 bits per heavy atom. The molecular formula is C21H28N2O3. The maximum atomic E-state index is 12.4. The van der Waals surface area contributed by atoms with Crippen LogP contribution in [0.5, 0.6) is 11.5 Å². The van der Waals surface area contributed by atoms with Gasteiger partial charge in [-0.3, -0.25) is 4.79 Å². The number of carbonyl (C=O) groups is 1. The van der Waals surface area contributed by atoms with Crippen molar-refractivity contribution in [2.24, 2.45) is 11.7 Å². The van der Waals surface area contributed by atoms with Gasteiger partial charge in [-0.15, -0.1) is 0 Å². The third-order valence-electron chi connectivity index (χ3n) is 4.09. The second kappa shape index (κ2) is 9.82. The van der Waals surface area contributed by atoms with Gasteiger partial charge in [-0.2, -0.15) is 0 Å². The van der Waals surface area contributed by atoms with Crippen molar-refractivity contribution in [1.82, 2.24) is 5.32 Å². The standard InChI is InChI=1S/C21H28N2O3/c1-15(2)11-12-26-19-10-9-17(13-20(19)25-3)21(24)23-14-18(22)16-7-5-4-6-8-16/h4-10,13,15,18H,11-12,14,22H2,1-3H3,(H,23,24). The molecule has 1 atom stereocenters. The molecule has 5 nitrogen and oxygen atoms in total. The van der Waals surface area contributed by atoms with Crippen LogP contribution < -0.4 is 20.5 Å². The molecule has 0 radical (unpaired) electrons. The lowest BCUT2D eigenvalue weighted by molar-refractivity contribution is 0.0951. The molecule has 0 aliphatic heterocycles. The lowest BCUT2D eigenvalue weighted by atomic mass is 10.1. The Kier molecular flexibility index (Phi) is 7.48. The number of ether oxygens (including phenoxy) is 2. The molecule has 3 N–H and O–H groups in total. The topological polar surface area (TPSA) is 73.6 Å². The average Bonchev–Trinajstić information content (AvgIpc) is 2.66. The normalized spacial score (nSPS) is 11.9. The molecule has 0 spiro atoms. The Morgan fingerprint density at radius 3 is 2.50 bits per heavy atom. The quantitative estimate of drug-likeness (QED) is 0.721. The molecule has 2 rings (SSSR count). The third-order valence-corrected chi connectivity index (χ3v) is 4.09. The highest BCUT2D eigenvalue weighted by atomic mass is 16.5. The molecule has 0 fully saturated rings. The monoisotopic (exact) mass is 356 g/mol. The second-order valence-corrected chi connectivity index (χ2v) is 6.62. The number of nitrogens with one attached hydrogen (secondary N) is 1. The zero-order valence-corrected chi connectivity index (χ0v) is 15.7. The summed E-state index contributed by atoms with van der Waals surface area (Å²) in [7, 11) is 1.57. The summed E-state index contributed by atoms with van der Waals surface area (Å²) in [6.45, 7) is 5.27. The molecule has 140 valence electrons. The van der Waals surface area contributed by atoms with Crippen molar-refractivity contribution in [3.05, 3.63) is 59.7 Å². The minimum Gasteiger partial charge on any atom is -0.493 e. The van der Waals surface area contributed by atoms with Crippen LogP contribution in [0.15, 0.2) is 48.5 Å². The molecule has 26 heavy (non-hydrogen) atoms. The number of benzene rings is 2. The van der Waals surface area contributed by atoms with Gasteiger partial charge in [-0.25, -0.2) is 0 Å². The molecule has 2 aromatic carbocycles. The molecule has 0 aliphatic carbocycles. The molecule has 1 amide bonds. The first kappa shape index (κ1) is 19.8. The summed E-state index contributed by atoms with van der Waals surface area (Å²) in [6.07, 6.45) is 0.961. The first-order valence-electron chi connectivity index (χ1n) is 8.90. The summed E-state index contributed by atoms with van der Waals surface area (Å²) < 4.78 is 11.1. The van der Waals surface area contributed by atoms with E-state index in [-0.39, 0.29) is 11.9 Å². The van der Waals surface area contributed by atoms with E-state index in [1.165, 1.54) is 0 Å². The van der Waals surface area contributed by atoms with Gasteiger partial charge in [-0.05, 0) is 36.1 Å². The van der Waals surface area contributed by atoms with E-state index in [1.54, 1.807) is 25.3 Å². The lowest BCUT2D eigenvalue weighted by Gasteiger charge is -2.15. The van der Waals surface area contributed by atoms with Crippen molar-refractivity contribution in [3.8, 4) is 11.5 Å². The fourth-order valence-electron chi connectivity index (χ4n) is 2.46. The average molecular weight is 356 g/mol. The van der Waals surface area contributed by atoms with E-state index in [9.17, 15) is 4.79 Å². The van der Waals surface area contributed by atoms with Gasteiger partial charge < -0.3 is 20.5 Å². The molecule has 0 aliphatic rings. The molecule has 0 saturated carbocycles. The molecule has 0 heterocycles. The number of amides is 1. The number of rotatable bonds is 9. The number of nitrogens with two attached hydrogens (primary N) is 1. The highest BCUT2D eigenvalue weighted by Gasteiger charge is 2.13. The predicted molar refractivity (Wildman–Crippen MR) is 104 cm³/mol. The Labute approximate surface area is 155 Å². The molecule has 0 aromatic heterocycles. The lowest BCUT2D eigenvalue weighted by Crippen LogP contribution is -2.31. The van der Waals surface area contributed by atoms with Gasteiger partial charge in [0, 0.05) is 18.2 Å². The zero-order chi connectivity index (χ0) is 18.9. The first-order valence-corrected chi connectivity index (χ1v) is 8.90. The maximum absolute atomic E-state index is 12.4. The minimum absolute atomic E-state index is 0.191. The number of hydrogen-bond donors (Lipinski definition) is 2. The molecule has 5 heteroatoms. The number of carbonyl (C=O) groups excluding carboxylic acids is 1. The van der Waals surface area contributed by atoms with Crippen LogP contribution in [0, 0.1) is 5.92 Å². The van der Waals surface area contributed by atoms with Gasteiger partial charge in [0.05, 0.1) is 13.7 Å². The number of hydrogen-bond acceptors (Lipinski definition) is 4. The largest absolute Gasteiger partial charge is 0.493 e. The van der Waals surface area contributed by atoms with E-state index >= 15 is 0 Å². The Balaban J connectivity index is 1.96. The van der Waals surface area contributed by atoms with Crippen LogP contribution in [-0.2, 0) is 0 Å². The zero-order valence-electron chi connectivity index (χ0n) is 15.7. The van der Waals surface area contributed by atoms with Gasteiger partial charge in [0.15, 0.2) is 11.5 Å². The van der Waals surface area contributed by atoms with Gasteiger partial charge in [0.25, 0.3) is 5.91 Å². The highest BCUT2D eigenvalue weighted by molar-refractivity contribution is 5.94. The molecule has 0 bridgehead atoms. The van der Waals surface area contributed by atoms with Crippen molar-refractivity contribution >= 4 is 5.91 Å². The van der Waals surface area contributed by atoms with E-state index in [4.69, 9.17) is 15.2 Å². The first-order chi connectivity index (χ1) is 12.5. The predicted octanol–water partition coefficient (Wildman–Crippen LogP) is 3.55. The van der Waals surface area contributed by atoms with Crippen molar-refractivity contribution in [2.75, 3.05) is 20.3 Å². The molecule has 1 unspecified atom stereocenters. The van der Waals surface area contributed by atoms with Crippen molar-refractivity contribution in [3.63, 3.8) is 0 Å². The molecule has 0 saturated heterocycles. The maximum Gasteiger partial charge on any atom is 0.251 e. The summed E-state index contributed by atoms with van der Waals surface area (Å²) in [4.78, 5) is 12.4. The van der Waals surface area contributed by atoms with Crippen LogP contribution in [0.25, 0.3) is 0 Å². The summed E-state index contributed by atoms with van der Waals surface area (Å²) >= 11 is 0. The number of methoxy groups -OCH3 is 1. The molecular weight excluding hydrogens is 328 g/mol. The fourth-order valence-corrected chi connectivity index (χ4v) is 2.46. The van der Waals surface area contributed by atoms with Crippen molar-refractivity contribution in [1.29, 1.82) is 0 Å². The van der Waals surface area contributed by atoms with E-state index in [0.717, 1.165) is 12.0 Å². The van der Waals surface area contributed by atoms with Crippen LogP contribution in [0.4, 0.5) is 0 Å². The third kappa shape index (κ3) is 5.77. The summed E-state index contributed by atoms with van der Waals surface area (Å²) in [5.41, 5.74) is 7.62. The van der Waals surface area contributed by atoms with Crippen LogP contribution in [0.3, 0.4) is 0 Å². The van der Waals surface area contributed by atoms with E-state index in [0.29, 0.717) is 36.1 Å². The fraction of sp³-hybridized carbons (Fsp3) is 0.381. The van der Waals surface area contributed by atoms with Crippen molar-refractivity contribution in [2.45, 2.75) is 26.3 Å². The van der Waals surface area contributed by atoms with Gasteiger partial charge in [0.1, 0.15) is 0 Å². The second-order valence-electron chi connectivity index (χ2n) is 6.62. The van der Waals surface area contributed by atoms with Crippen LogP contribution >= 0.6 is 0 Å². The SMILES string of the molecule is COc1cc(C(=O)NCC(N)c2ccccc2)ccc1OCCC(C)C. The Morgan fingerprint density at radius 2 is 1.85 bits per heavy atom. The van der Waals surface area contributed by atoms with E-state index in [2.05, 4.69) is 19.2 Å². The smallest absolute Gasteiger partial charge is 0.251 e. The Hall–Kier alpha value is -2.53. The van der Waals surface area contributed by atoms with Gasteiger partial charge in [0.2, 0.25) is 0 Å². The van der Waals surface area contributed by atoms with Crippen LogP contribution in [-0.4, -0.2) is 26.2 Å². The summed E-state index contributed by atoms with van der Waals surface area (Å²) in [6, 6.07) is 14.6. The van der Waals surface area contributed by atoms with Crippen LogP contribution in [0.1, 0.15) is 42.2 Å². The molecule has 2 aromatic rings. The van der Waals surface area contributed by atoms with Crippen molar-refractivity contribution < 1.29 is 14.3 Å². The van der Waals surface area contributed by atoms with Crippen LogP contribution in [0.2, 0.25) is 0 Å². The van der Waals surface area contributed by atoms with E-state index < -0.39 is 0 Å². The Bertz CT molecular complexity index is 702. The van der Waals surface area contributed by atoms with E-state index in [1.807, 2.05) is 30.3 Å². The minimum atomic E-state index is -0.249. The highest BCUT2D eigenvalue weighted by Crippen LogP contribution is 2.28. The summed E-state index contributed by atoms with van der Waals surface area (Å²) in [5.74, 6) is 1.57.